The summed E-state index contributed by atoms with van der Waals surface area (Å²) in [6.45, 7) is 0. The van der Waals surface area contributed by atoms with E-state index in [0.717, 1.165) is 30.5 Å². The van der Waals surface area contributed by atoms with Crippen molar-refractivity contribution < 1.29 is 18.5 Å². The molecule has 102 valence electrons. The van der Waals surface area contributed by atoms with Gasteiger partial charge < -0.3 is 5.32 Å². The highest BCUT2D eigenvalue weighted by Crippen LogP contribution is 2.27. The van der Waals surface area contributed by atoms with Gasteiger partial charge in [-0.2, -0.15) is 0 Å². The summed E-state index contributed by atoms with van der Waals surface area (Å²) < 4.78 is 26.9. The van der Waals surface area contributed by atoms with Crippen LogP contribution in [-0.4, -0.2) is 15.8 Å². The third kappa shape index (κ3) is 2.58. The van der Waals surface area contributed by atoms with Crippen molar-refractivity contribution in [3.05, 3.63) is 64.0 Å². The number of nitrogens with zero attached hydrogens (tertiary/aromatic N) is 2. The number of anilines is 1. The Morgan fingerprint density at radius 1 is 1.25 bits per heavy atom. The molecule has 0 aliphatic rings. The zero-order valence-corrected chi connectivity index (χ0v) is 9.84. The number of para-hydroxylation sites is 1. The molecule has 0 atom stereocenters. The largest absolute Gasteiger partial charge is 0.314 e. The average molecular weight is 279 g/mol. The fourth-order valence-electron chi connectivity index (χ4n) is 1.53. The number of carbonyl (C=O) groups excluding carboxylic acids is 1. The minimum atomic E-state index is -1.00. The molecule has 1 heterocycles. The number of amides is 1. The molecule has 6 nitrogen and oxygen atoms in total. The number of nitrogens with one attached hydrogen (secondary N) is 1. The highest BCUT2D eigenvalue weighted by molar-refractivity contribution is 6.05. The van der Waals surface area contributed by atoms with Gasteiger partial charge in [-0.15, -0.1) is 0 Å². The third-order valence-corrected chi connectivity index (χ3v) is 2.44. The lowest BCUT2D eigenvalue weighted by Crippen LogP contribution is -2.16. The minimum Gasteiger partial charge on any atom is -0.314 e. The number of nitro groups is 1. The van der Waals surface area contributed by atoms with E-state index in [1.54, 1.807) is 0 Å². The zero-order chi connectivity index (χ0) is 14.7. The summed E-state index contributed by atoms with van der Waals surface area (Å²) in [7, 11) is 0. The second kappa shape index (κ2) is 5.39. The van der Waals surface area contributed by atoms with E-state index < -0.39 is 39.4 Å². The maximum absolute atomic E-state index is 13.6. The molecule has 2 rings (SSSR count). The van der Waals surface area contributed by atoms with E-state index in [-0.39, 0.29) is 0 Å². The van der Waals surface area contributed by atoms with E-state index in [0.29, 0.717) is 0 Å². The van der Waals surface area contributed by atoms with Gasteiger partial charge in [0.15, 0.2) is 17.3 Å². The molecule has 0 saturated carbocycles. The number of nitro benzene ring substituents is 1. The zero-order valence-electron chi connectivity index (χ0n) is 9.84. The second-order valence-corrected chi connectivity index (χ2v) is 3.70. The summed E-state index contributed by atoms with van der Waals surface area (Å²) in [6, 6.07) is 4.20. The van der Waals surface area contributed by atoms with Crippen LogP contribution in [0.5, 0.6) is 0 Å². The van der Waals surface area contributed by atoms with Crippen molar-refractivity contribution in [3.63, 3.8) is 0 Å². The Bertz CT molecular complexity index is 691. The van der Waals surface area contributed by atoms with Crippen LogP contribution in [-0.2, 0) is 0 Å². The van der Waals surface area contributed by atoms with Gasteiger partial charge in [0.05, 0.1) is 16.7 Å². The highest BCUT2D eigenvalue weighted by Gasteiger charge is 2.21. The number of hydrogen-bond donors (Lipinski definition) is 1. The van der Waals surface area contributed by atoms with Gasteiger partial charge in [0.25, 0.3) is 11.6 Å². The topological polar surface area (TPSA) is 85.1 Å². The smallest absolute Gasteiger partial charge is 0.295 e. The summed E-state index contributed by atoms with van der Waals surface area (Å²) in [4.78, 5) is 25.2. The molecule has 0 bridgehead atoms. The Kier molecular flexibility index (Phi) is 3.65. The summed E-state index contributed by atoms with van der Waals surface area (Å²) in [5.41, 5.74) is -1.62. The standard InChI is InChI=1S/C12H7F2N3O3/c13-8-2-1-3-10(17(19)20)11(8)16-12(18)7-4-5-15-6-9(7)14/h1-6H,(H,16,18). The number of halogens is 2. The average Bonchev–Trinajstić information content (AvgIpc) is 2.41. The summed E-state index contributed by atoms with van der Waals surface area (Å²) >= 11 is 0. The van der Waals surface area contributed by atoms with Crippen LogP contribution in [0.25, 0.3) is 0 Å². The second-order valence-electron chi connectivity index (χ2n) is 3.70. The molecule has 0 saturated heterocycles. The molecule has 20 heavy (non-hydrogen) atoms. The predicted octanol–water partition coefficient (Wildman–Crippen LogP) is 2.52. The van der Waals surface area contributed by atoms with E-state index in [4.69, 9.17) is 0 Å². The van der Waals surface area contributed by atoms with Crippen molar-refractivity contribution in [3.8, 4) is 0 Å². The molecule has 8 heteroatoms. The van der Waals surface area contributed by atoms with Crippen LogP contribution in [0.4, 0.5) is 20.2 Å². The first-order valence-electron chi connectivity index (χ1n) is 5.34. The summed E-state index contributed by atoms with van der Waals surface area (Å²) in [6.07, 6.45) is 1.98. The van der Waals surface area contributed by atoms with Crippen molar-refractivity contribution in [2.45, 2.75) is 0 Å². The molecule has 0 aliphatic heterocycles. The Labute approximate surface area is 111 Å². The third-order valence-electron chi connectivity index (χ3n) is 2.44. The quantitative estimate of drug-likeness (QED) is 0.691. The molecule has 1 aromatic carbocycles. The number of benzene rings is 1. The van der Waals surface area contributed by atoms with Gasteiger partial charge in [0, 0.05) is 12.3 Å². The van der Waals surface area contributed by atoms with Crippen molar-refractivity contribution >= 4 is 17.3 Å². The molecule has 1 amide bonds. The Balaban J connectivity index is 2.38. The SMILES string of the molecule is O=C(Nc1c(F)cccc1[N+](=O)[O-])c1ccncc1F. The van der Waals surface area contributed by atoms with E-state index in [2.05, 4.69) is 4.98 Å². The van der Waals surface area contributed by atoms with Gasteiger partial charge in [-0.05, 0) is 12.1 Å². The van der Waals surface area contributed by atoms with Crippen LogP contribution in [0.15, 0.2) is 36.7 Å². The van der Waals surface area contributed by atoms with Crippen LogP contribution in [0.3, 0.4) is 0 Å². The number of rotatable bonds is 3. The van der Waals surface area contributed by atoms with Gasteiger partial charge in [-0.25, -0.2) is 8.78 Å². The van der Waals surface area contributed by atoms with Gasteiger partial charge in [0.1, 0.15) is 0 Å². The van der Waals surface area contributed by atoms with E-state index >= 15 is 0 Å². The highest BCUT2D eigenvalue weighted by atomic mass is 19.1. The molecule has 0 spiro atoms. The Morgan fingerprint density at radius 2 is 2.00 bits per heavy atom. The van der Waals surface area contributed by atoms with Crippen molar-refractivity contribution in [2.24, 2.45) is 0 Å². The van der Waals surface area contributed by atoms with Crippen molar-refractivity contribution in [1.29, 1.82) is 0 Å². The first-order valence-corrected chi connectivity index (χ1v) is 5.34. The molecule has 0 radical (unpaired) electrons. The van der Waals surface area contributed by atoms with Crippen LogP contribution in [0, 0.1) is 21.7 Å². The minimum absolute atomic E-state index is 0.391. The van der Waals surface area contributed by atoms with E-state index in [1.807, 2.05) is 5.32 Å². The van der Waals surface area contributed by atoms with E-state index in [1.165, 1.54) is 6.20 Å². The predicted molar refractivity (Wildman–Crippen MR) is 65.2 cm³/mol. The number of pyridine rings is 1. The van der Waals surface area contributed by atoms with Gasteiger partial charge in [-0.3, -0.25) is 19.9 Å². The molecular formula is C12H7F2N3O3. The molecular weight excluding hydrogens is 272 g/mol. The van der Waals surface area contributed by atoms with Crippen molar-refractivity contribution in [1.82, 2.24) is 4.98 Å². The molecule has 2 aromatic rings. The monoisotopic (exact) mass is 279 g/mol. The summed E-state index contributed by atoms with van der Waals surface area (Å²) in [5, 5.41) is 12.8. The van der Waals surface area contributed by atoms with E-state index in [9.17, 15) is 23.7 Å². The molecule has 0 aliphatic carbocycles. The van der Waals surface area contributed by atoms with Crippen LogP contribution in [0.2, 0.25) is 0 Å². The first-order chi connectivity index (χ1) is 9.50. The summed E-state index contributed by atoms with van der Waals surface area (Å²) in [5.74, 6) is -2.90. The van der Waals surface area contributed by atoms with Crippen LogP contribution < -0.4 is 5.32 Å². The number of carbonyl (C=O) groups is 1. The first kappa shape index (κ1) is 13.5. The lowest BCUT2D eigenvalue weighted by Gasteiger charge is -2.07. The maximum Gasteiger partial charge on any atom is 0.295 e. The van der Waals surface area contributed by atoms with Crippen LogP contribution >= 0.6 is 0 Å². The Hall–Kier alpha value is -2.90. The van der Waals surface area contributed by atoms with Crippen LogP contribution in [0.1, 0.15) is 10.4 Å². The Morgan fingerprint density at radius 3 is 2.65 bits per heavy atom. The lowest BCUT2D eigenvalue weighted by atomic mass is 10.2. The fourth-order valence-corrected chi connectivity index (χ4v) is 1.53. The fraction of sp³-hybridized carbons (Fsp3) is 0. The van der Waals surface area contributed by atoms with Gasteiger partial charge in [0.2, 0.25) is 0 Å². The normalized spacial score (nSPS) is 10.1. The number of aromatic nitrogens is 1. The van der Waals surface area contributed by atoms with Crippen molar-refractivity contribution in [2.75, 3.05) is 5.32 Å². The molecule has 0 unspecified atom stereocenters. The molecule has 1 N–H and O–H groups in total. The molecule has 0 fully saturated rings. The molecule has 1 aromatic heterocycles. The lowest BCUT2D eigenvalue weighted by molar-refractivity contribution is -0.384. The van der Waals surface area contributed by atoms with Gasteiger partial charge in [-0.1, -0.05) is 6.07 Å². The number of hydrogen-bond acceptors (Lipinski definition) is 4. The van der Waals surface area contributed by atoms with Gasteiger partial charge >= 0.3 is 0 Å². The maximum atomic E-state index is 13.6.